The highest BCUT2D eigenvalue weighted by Gasteiger charge is 2.46. The van der Waals surface area contributed by atoms with Gasteiger partial charge in [-0.05, 0) is 219 Å². The molecule has 5 rings (SSSR count). The van der Waals surface area contributed by atoms with Crippen LogP contribution in [0.1, 0.15) is 229 Å². The van der Waals surface area contributed by atoms with Crippen LogP contribution in [0.5, 0.6) is 11.5 Å². The van der Waals surface area contributed by atoms with Gasteiger partial charge in [-0.2, -0.15) is 0 Å². The average Bonchev–Trinajstić information content (AvgIpc) is 1.70. The Balaban J connectivity index is 1.67. The van der Waals surface area contributed by atoms with E-state index in [2.05, 4.69) is 74.4 Å². The minimum absolute atomic E-state index is 0.0225. The molecule has 3 aliphatic rings. The highest BCUT2D eigenvalue weighted by molar-refractivity contribution is 6.03. The van der Waals surface area contributed by atoms with Crippen LogP contribution in [0.3, 0.4) is 0 Å². The Hall–Kier alpha value is -11.7. The molecule has 0 spiro atoms. The van der Waals surface area contributed by atoms with Crippen molar-refractivity contribution in [2.24, 2.45) is 58.4 Å². The predicted octanol–water partition coefficient (Wildman–Crippen LogP) is -0.762. The molecule has 3 aliphatic heterocycles. The first-order chi connectivity index (χ1) is 63.8. The summed E-state index contributed by atoms with van der Waals surface area (Å²) in [6, 6.07) is -13.3. The van der Waals surface area contributed by atoms with E-state index in [4.69, 9.17) is 22.9 Å². The van der Waals surface area contributed by atoms with Gasteiger partial charge in [0, 0.05) is 25.9 Å². The van der Waals surface area contributed by atoms with Gasteiger partial charge >= 0.3 is 11.9 Å². The topological polar surface area (TPSA) is 667 Å². The highest BCUT2D eigenvalue weighted by Crippen LogP contribution is 2.26. The normalized spacial score (nSPS) is 25.5. The lowest BCUT2D eigenvalue weighted by atomic mass is 9.99. The lowest BCUT2D eigenvalue weighted by Crippen LogP contribution is -2.62. The van der Waals surface area contributed by atoms with E-state index >= 15 is 9.59 Å². The van der Waals surface area contributed by atoms with E-state index in [1.54, 1.807) is 69.2 Å². The van der Waals surface area contributed by atoms with Crippen LogP contribution in [-0.4, -0.2) is 273 Å². The summed E-state index contributed by atoms with van der Waals surface area (Å²) in [6.45, 7) is 20.5. The number of fused-ring (bicyclic) bond motifs is 2. The van der Waals surface area contributed by atoms with Gasteiger partial charge in [0.2, 0.25) is 94.5 Å². The van der Waals surface area contributed by atoms with Crippen LogP contribution in [0, 0.1) is 35.5 Å². The first-order valence-electron chi connectivity index (χ1n) is 47.5. The van der Waals surface area contributed by atoms with Crippen molar-refractivity contribution in [1.29, 1.82) is 0 Å². The van der Waals surface area contributed by atoms with E-state index in [-0.39, 0.29) is 172 Å². The number of benzene rings is 2. The van der Waals surface area contributed by atoms with Crippen LogP contribution in [0.15, 0.2) is 48.5 Å². The summed E-state index contributed by atoms with van der Waals surface area (Å²) in [5.41, 5.74) is 24.4. The molecule has 2 aromatic carbocycles. The van der Waals surface area contributed by atoms with E-state index < -0.39 is 240 Å². The molecule has 26 N–H and O–H groups in total. The molecule has 0 unspecified atom stereocenters. The summed E-state index contributed by atoms with van der Waals surface area (Å²) in [7, 11) is 0. The Bertz CT molecular complexity index is 4260. The number of carboxylic acid groups (broad SMARTS) is 2. The molecule has 135 heavy (non-hydrogen) atoms. The van der Waals surface area contributed by atoms with Gasteiger partial charge in [0.25, 0.3) is 0 Å². The standard InChI is InChI=1S/C93H150N20O22/c1-50(2)43-64-82(124)98-62(25-15-19-39-96)81(123)110-76(54(9)10)91(133)106-68(49-74(118)119)86(128)108-69(46-56-29-33-58(114)34-30-56)92(134)112-41-21-27-71(112)87(129)105-66(45-52(5)6)83(125)99-63(26-16-20-40-97)80(122)109-75(53(7)8)89(131)100-60(23-13-17-37-94)79(121)103-65(44-51(3)4)84(126)104-67(48-73(116)117)85(127)107-70(47-57-31-35-59(115)36-32-57)93(135)113-42-22-28-72(113)88(130)111-77(55(11)12)90(132)101-61(78(120)102-64)24-14-18-38-95/h29-36,50-55,60-72,75-77,114-115H,13-28,37-49,94-97H2,1-12H3,(H,98,124)(H,99,125)(H,100,131)(H,101,132)(H,102,120)(H,103,121)(H,104,126)(H,105,129)(H,106,133)(H,107,127)(H,108,128)(H,109,122)(H,110,123)(H,111,130)(H,116,117)(H,118,119)/t60-,61-,62-,63-,64-,65-,66-,67+,68+,69-,70-,71-,72-,75-,76-,77+/m0/s1. The number of phenolic OH excluding ortho intramolecular Hbond substituents is 2. The largest absolute Gasteiger partial charge is 0.508 e. The number of nitrogens with one attached hydrogen (secondary N) is 14. The smallest absolute Gasteiger partial charge is 0.305 e. The molecule has 3 saturated heterocycles. The number of hydrogen-bond acceptors (Lipinski definition) is 24. The van der Waals surface area contributed by atoms with Gasteiger partial charge in [0.15, 0.2) is 0 Å². The molecule has 42 heteroatoms. The fraction of sp³-hybridized carbons (Fsp3) is 0.677. The van der Waals surface area contributed by atoms with E-state index in [0.29, 0.717) is 36.8 Å². The lowest BCUT2D eigenvalue weighted by Gasteiger charge is -2.32. The number of carboxylic acids is 2. The summed E-state index contributed by atoms with van der Waals surface area (Å²) < 4.78 is 0. The number of rotatable bonds is 33. The van der Waals surface area contributed by atoms with Crippen LogP contribution >= 0.6 is 0 Å². The first-order valence-corrected chi connectivity index (χ1v) is 47.5. The molecule has 0 aliphatic carbocycles. The molecular weight excluding hydrogens is 1750 g/mol. The fourth-order valence-electron chi connectivity index (χ4n) is 16.4. The first kappa shape index (κ1) is 114. The maximum Gasteiger partial charge on any atom is 0.305 e. The number of amides is 16. The van der Waals surface area contributed by atoms with Crippen LogP contribution in [-0.2, 0) is 99.1 Å². The van der Waals surface area contributed by atoms with Crippen molar-refractivity contribution in [1.82, 2.24) is 84.2 Å². The lowest BCUT2D eigenvalue weighted by molar-refractivity contribution is -0.144. The van der Waals surface area contributed by atoms with Crippen molar-refractivity contribution in [3.8, 4) is 11.5 Å². The van der Waals surface area contributed by atoms with Crippen molar-refractivity contribution >= 4 is 106 Å². The molecule has 3 heterocycles. The Morgan fingerprint density at radius 1 is 0.304 bits per heavy atom. The number of carbonyl (C=O) groups is 18. The SMILES string of the molecule is CC(C)C[C@@H]1NC(=O)[C@H](CCCCN)NC(=O)[C@@H](C(C)C)NC(=O)[C@@H]2CCCN2C(=O)[C@H](Cc2ccc(O)cc2)NC(=O)[C@@H](CC(=O)O)NC(=O)[C@H](CC(C)C)NC(=O)[C@H](CCCCN)NC(=O)[C@H](C(C)C)NC(=O)[C@H](CCCCN)NC(=O)[C@H](CC(C)C)NC(=O)[C@@H]2CCCN2C(=O)[C@H](Cc2ccc(O)cc2)NC(=O)[C@@H](CC(=O)O)NC(=O)[C@H](C(C)C)NC(=O)[C@H](CCCCN)NC1=O. The zero-order valence-electron chi connectivity index (χ0n) is 80.2. The molecule has 16 atom stereocenters. The number of hydrogen-bond donors (Lipinski definition) is 22. The third-order valence-electron chi connectivity index (χ3n) is 23.8. The second kappa shape index (κ2) is 57.3. The number of nitrogens with two attached hydrogens (primary N) is 4. The van der Waals surface area contributed by atoms with E-state index in [1.807, 2.05) is 0 Å². The molecule has 16 amide bonds. The van der Waals surface area contributed by atoms with Gasteiger partial charge in [-0.1, -0.05) is 107 Å². The van der Waals surface area contributed by atoms with Crippen LogP contribution in [0.4, 0.5) is 0 Å². The van der Waals surface area contributed by atoms with Crippen molar-refractivity contribution < 1.29 is 107 Å². The third-order valence-corrected chi connectivity index (χ3v) is 23.8. The minimum Gasteiger partial charge on any atom is -0.508 e. The second-order valence-electron chi connectivity index (χ2n) is 37.7. The maximum atomic E-state index is 15.3. The molecule has 0 radical (unpaired) electrons. The number of aliphatic carboxylic acids is 2. The van der Waals surface area contributed by atoms with E-state index in [1.165, 1.54) is 72.2 Å². The van der Waals surface area contributed by atoms with E-state index in [0.717, 1.165) is 0 Å². The van der Waals surface area contributed by atoms with Crippen molar-refractivity contribution in [2.45, 2.75) is 327 Å². The Morgan fingerprint density at radius 3 is 0.800 bits per heavy atom. The summed E-state index contributed by atoms with van der Waals surface area (Å²) in [5.74, 6) is -21.8. The number of phenols is 2. The number of aromatic hydroxyl groups is 2. The van der Waals surface area contributed by atoms with Gasteiger partial charge in [0.1, 0.15) is 108 Å². The number of nitrogens with zero attached hydrogens (tertiary/aromatic N) is 2. The van der Waals surface area contributed by atoms with Gasteiger partial charge in [-0.3, -0.25) is 86.3 Å². The molecule has 3 fully saturated rings. The molecule has 42 nitrogen and oxygen atoms in total. The summed E-state index contributed by atoms with van der Waals surface area (Å²) in [6.07, 6.45) is -0.439. The average molecular weight is 1900 g/mol. The summed E-state index contributed by atoms with van der Waals surface area (Å²) >= 11 is 0. The van der Waals surface area contributed by atoms with Crippen molar-refractivity contribution in [3.63, 3.8) is 0 Å². The van der Waals surface area contributed by atoms with Crippen LogP contribution < -0.4 is 97.4 Å². The Kier molecular flexibility index (Phi) is 48.3. The number of unbranched alkanes of at least 4 members (excludes halogenated alkanes) is 4. The van der Waals surface area contributed by atoms with Crippen molar-refractivity contribution in [2.75, 3.05) is 39.3 Å². The van der Waals surface area contributed by atoms with Crippen LogP contribution in [0.25, 0.3) is 0 Å². The maximum absolute atomic E-state index is 15.3. The van der Waals surface area contributed by atoms with Crippen LogP contribution in [0.2, 0.25) is 0 Å². The monoisotopic (exact) mass is 1900 g/mol. The molecule has 0 saturated carbocycles. The fourth-order valence-corrected chi connectivity index (χ4v) is 16.4. The number of carbonyl (C=O) groups excluding carboxylic acids is 16. The van der Waals surface area contributed by atoms with Gasteiger partial charge in [-0.25, -0.2) is 0 Å². The Labute approximate surface area is 790 Å². The van der Waals surface area contributed by atoms with Gasteiger partial charge < -0.3 is 128 Å². The predicted molar refractivity (Wildman–Crippen MR) is 499 cm³/mol. The third kappa shape index (κ3) is 37.9. The molecule has 2 aromatic rings. The summed E-state index contributed by atoms with van der Waals surface area (Å²) in [5, 5.41) is 78.8. The zero-order chi connectivity index (χ0) is 101. The highest BCUT2D eigenvalue weighted by atomic mass is 16.4. The zero-order valence-corrected chi connectivity index (χ0v) is 80.2. The van der Waals surface area contributed by atoms with Gasteiger partial charge in [0.05, 0.1) is 12.8 Å². The summed E-state index contributed by atoms with van der Waals surface area (Å²) in [4.78, 5) is 266. The molecular formula is C93H150N20O22. The quantitative estimate of drug-likeness (QED) is 0.0391. The van der Waals surface area contributed by atoms with Crippen molar-refractivity contribution in [3.05, 3.63) is 59.7 Å². The van der Waals surface area contributed by atoms with E-state index in [9.17, 15) is 97.1 Å². The minimum atomic E-state index is -1.97. The Morgan fingerprint density at radius 2 is 0.526 bits per heavy atom. The van der Waals surface area contributed by atoms with Gasteiger partial charge in [-0.15, -0.1) is 0 Å². The second-order valence-corrected chi connectivity index (χ2v) is 37.7. The molecule has 0 aromatic heterocycles. The molecule has 754 valence electrons. The molecule has 0 bridgehead atoms.